The summed E-state index contributed by atoms with van der Waals surface area (Å²) in [6, 6.07) is 16.2. The van der Waals surface area contributed by atoms with E-state index in [2.05, 4.69) is 11.4 Å². The van der Waals surface area contributed by atoms with Crippen molar-refractivity contribution >= 4 is 17.4 Å². The molecule has 1 N–H and O–H groups in total. The van der Waals surface area contributed by atoms with E-state index in [4.69, 9.17) is 10.5 Å². The van der Waals surface area contributed by atoms with Gasteiger partial charge in [0.25, 0.3) is 0 Å². The molecule has 0 aromatic heterocycles. The average Bonchev–Trinajstić information content (AvgIpc) is 2.55. The van der Waals surface area contributed by atoms with Crippen LogP contribution < -0.4 is 5.32 Å². The Balaban J connectivity index is 2.09. The Morgan fingerprint density at radius 3 is 2.73 bits per heavy atom. The van der Waals surface area contributed by atoms with Gasteiger partial charge in [0.05, 0.1) is 17.7 Å². The fourth-order valence-corrected chi connectivity index (χ4v) is 2.80. The highest BCUT2D eigenvalue weighted by atomic mass is 32.2. The van der Waals surface area contributed by atoms with Gasteiger partial charge in [-0.2, -0.15) is 10.5 Å². The highest BCUT2D eigenvalue weighted by molar-refractivity contribution is 7.99. The third kappa shape index (κ3) is 4.25. The van der Waals surface area contributed by atoms with E-state index >= 15 is 0 Å². The molecule has 0 saturated carbocycles. The van der Waals surface area contributed by atoms with E-state index in [-0.39, 0.29) is 5.82 Å². The Morgan fingerprint density at radius 2 is 1.95 bits per heavy atom. The third-order valence-electron chi connectivity index (χ3n) is 3.00. The van der Waals surface area contributed by atoms with Gasteiger partial charge in [-0.25, -0.2) is 4.39 Å². The molecule has 2 aromatic carbocycles. The number of benzene rings is 2. The molecule has 0 atom stereocenters. The Kier molecular flexibility index (Phi) is 5.82. The van der Waals surface area contributed by atoms with Crippen LogP contribution in [-0.4, -0.2) is 5.75 Å². The summed E-state index contributed by atoms with van der Waals surface area (Å²) in [4.78, 5) is 1.02. The van der Waals surface area contributed by atoms with Gasteiger partial charge in [-0.05, 0) is 30.3 Å². The molecule has 5 heteroatoms. The van der Waals surface area contributed by atoms with Gasteiger partial charge in [-0.3, -0.25) is 0 Å². The summed E-state index contributed by atoms with van der Waals surface area (Å²) in [6.07, 6.45) is 0.484. The summed E-state index contributed by atoms with van der Waals surface area (Å²) >= 11 is 1.59. The third-order valence-corrected chi connectivity index (χ3v) is 4.08. The molecule has 0 amide bonds. The molecular weight excluding hydrogens is 297 g/mol. The second kappa shape index (κ2) is 8.07. The molecule has 0 aliphatic rings. The molecule has 110 valence electrons. The standard InChI is InChI=1S/C17H14FN3S/c18-15-7-6-13(11-20)10-14(15)12-21-16-4-1-2-5-17(16)22-9-3-8-19/h1-2,4-7,10,21H,3,9,12H2. The van der Waals surface area contributed by atoms with Crippen molar-refractivity contribution in [2.75, 3.05) is 11.1 Å². The van der Waals surface area contributed by atoms with E-state index in [0.29, 0.717) is 29.8 Å². The predicted octanol–water partition coefficient (Wildman–Crippen LogP) is 4.32. The van der Waals surface area contributed by atoms with Crippen LogP contribution in [-0.2, 0) is 6.54 Å². The van der Waals surface area contributed by atoms with Crippen LogP contribution in [0.25, 0.3) is 0 Å². The maximum absolute atomic E-state index is 13.8. The highest BCUT2D eigenvalue weighted by Gasteiger charge is 2.06. The number of nitrogens with one attached hydrogen (secondary N) is 1. The van der Waals surface area contributed by atoms with Gasteiger partial charge in [0.15, 0.2) is 0 Å². The molecule has 0 aliphatic heterocycles. The molecule has 0 radical (unpaired) electrons. The van der Waals surface area contributed by atoms with Crippen LogP contribution in [0.1, 0.15) is 17.5 Å². The number of para-hydroxylation sites is 1. The molecule has 0 spiro atoms. The SMILES string of the molecule is N#CCCSc1ccccc1NCc1cc(C#N)ccc1F. The summed E-state index contributed by atoms with van der Waals surface area (Å²) < 4.78 is 13.8. The lowest BCUT2D eigenvalue weighted by Gasteiger charge is -2.12. The molecule has 22 heavy (non-hydrogen) atoms. The quantitative estimate of drug-likeness (QED) is 0.637. The van der Waals surface area contributed by atoms with Gasteiger partial charge in [-0.15, -0.1) is 11.8 Å². The first kappa shape index (κ1) is 15.9. The normalized spacial score (nSPS) is 9.77. The van der Waals surface area contributed by atoms with Crippen LogP contribution in [0.3, 0.4) is 0 Å². The lowest BCUT2D eigenvalue weighted by molar-refractivity contribution is 0.612. The zero-order valence-electron chi connectivity index (χ0n) is 11.8. The van der Waals surface area contributed by atoms with Crippen molar-refractivity contribution in [1.29, 1.82) is 10.5 Å². The molecule has 0 saturated heterocycles. The molecule has 0 heterocycles. The zero-order valence-corrected chi connectivity index (χ0v) is 12.7. The Bertz CT molecular complexity index is 731. The van der Waals surface area contributed by atoms with Gasteiger partial charge >= 0.3 is 0 Å². The van der Waals surface area contributed by atoms with Crippen LogP contribution in [0.5, 0.6) is 0 Å². The molecule has 0 fully saturated rings. The number of halogens is 1. The minimum Gasteiger partial charge on any atom is -0.380 e. The average molecular weight is 311 g/mol. The highest BCUT2D eigenvalue weighted by Crippen LogP contribution is 2.28. The maximum atomic E-state index is 13.8. The first-order valence-electron chi connectivity index (χ1n) is 6.76. The molecule has 0 unspecified atom stereocenters. The van der Waals surface area contributed by atoms with E-state index in [1.54, 1.807) is 17.8 Å². The number of thioether (sulfide) groups is 1. The fraction of sp³-hybridized carbons (Fsp3) is 0.176. The number of anilines is 1. The predicted molar refractivity (Wildman–Crippen MR) is 85.8 cm³/mol. The number of rotatable bonds is 6. The van der Waals surface area contributed by atoms with Gasteiger partial charge in [0, 0.05) is 34.9 Å². The number of hydrogen-bond donors (Lipinski definition) is 1. The summed E-state index contributed by atoms with van der Waals surface area (Å²) in [6.45, 7) is 0.303. The molecule has 0 aliphatic carbocycles. The summed E-state index contributed by atoms with van der Waals surface area (Å²) in [5, 5.41) is 20.7. The van der Waals surface area contributed by atoms with Gasteiger partial charge in [0.2, 0.25) is 0 Å². The van der Waals surface area contributed by atoms with E-state index in [1.165, 1.54) is 12.1 Å². The van der Waals surface area contributed by atoms with Crippen molar-refractivity contribution < 1.29 is 4.39 Å². The Morgan fingerprint density at radius 1 is 1.14 bits per heavy atom. The first-order valence-corrected chi connectivity index (χ1v) is 7.74. The van der Waals surface area contributed by atoms with Crippen molar-refractivity contribution in [3.8, 4) is 12.1 Å². The van der Waals surface area contributed by atoms with E-state index in [1.807, 2.05) is 30.3 Å². The van der Waals surface area contributed by atoms with Gasteiger partial charge in [0.1, 0.15) is 5.82 Å². The van der Waals surface area contributed by atoms with Gasteiger partial charge < -0.3 is 5.32 Å². The van der Waals surface area contributed by atoms with E-state index in [0.717, 1.165) is 10.6 Å². The largest absolute Gasteiger partial charge is 0.380 e. The molecule has 2 rings (SSSR count). The molecule has 3 nitrogen and oxygen atoms in total. The molecule has 0 bridgehead atoms. The van der Waals surface area contributed by atoms with Crippen LogP contribution in [0.15, 0.2) is 47.4 Å². The monoisotopic (exact) mass is 311 g/mol. The minimum absolute atomic E-state index is 0.303. The summed E-state index contributed by atoms with van der Waals surface area (Å²) in [5.41, 5.74) is 1.79. The van der Waals surface area contributed by atoms with Crippen molar-refractivity contribution in [1.82, 2.24) is 0 Å². The van der Waals surface area contributed by atoms with Crippen LogP contribution >= 0.6 is 11.8 Å². The molecule has 2 aromatic rings. The topological polar surface area (TPSA) is 59.6 Å². The second-order valence-electron chi connectivity index (χ2n) is 4.52. The number of nitriles is 2. The first-order chi connectivity index (χ1) is 10.7. The van der Waals surface area contributed by atoms with E-state index < -0.39 is 0 Å². The van der Waals surface area contributed by atoms with Crippen molar-refractivity contribution in [2.45, 2.75) is 17.9 Å². The number of nitrogens with zero attached hydrogens (tertiary/aromatic N) is 2. The lowest BCUT2D eigenvalue weighted by atomic mass is 10.1. The smallest absolute Gasteiger partial charge is 0.128 e. The Labute approximate surface area is 133 Å². The summed E-state index contributed by atoms with van der Waals surface area (Å²) in [5.74, 6) is 0.383. The van der Waals surface area contributed by atoms with E-state index in [9.17, 15) is 4.39 Å². The summed E-state index contributed by atoms with van der Waals surface area (Å²) in [7, 11) is 0. The zero-order chi connectivity index (χ0) is 15.8. The van der Waals surface area contributed by atoms with Crippen LogP contribution in [0.2, 0.25) is 0 Å². The molecular formula is C17H14FN3S. The number of hydrogen-bond acceptors (Lipinski definition) is 4. The van der Waals surface area contributed by atoms with Crippen molar-refractivity contribution in [2.24, 2.45) is 0 Å². The maximum Gasteiger partial charge on any atom is 0.128 e. The van der Waals surface area contributed by atoms with Crippen molar-refractivity contribution in [3.63, 3.8) is 0 Å². The van der Waals surface area contributed by atoms with Crippen molar-refractivity contribution in [3.05, 3.63) is 59.4 Å². The van der Waals surface area contributed by atoms with Crippen LogP contribution in [0.4, 0.5) is 10.1 Å². The fourth-order valence-electron chi connectivity index (χ4n) is 1.92. The minimum atomic E-state index is -0.332. The second-order valence-corrected chi connectivity index (χ2v) is 5.66. The lowest BCUT2D eigenvalue weighted by Crippen LogP contribution is -2.03. The van der Waals surface area contributed by atoms with Gasteiger partial charge in [-0.1, -0.05) is 12.1 Å². The van der Waals surface area contributed by atoms with Crippen LogP contribution in [0, 0.1) is 28.5 Å². The Hall–Kier alpha value is -2.50.